The molecule has 1 heterocycles. The zero-order valence-corrected chi connectivity index (χ0v) is 19.2. The van der Waals surface area contributed by atoms with Crippen molar-refractivity contribution in [2.75, 3.05) is 6.61 Å². The number of hydrogen-bond donors (Lipinski definition) is 1. The molecule has 1 aliphatic rings. The second-order valence-corrected chi connectivity index (χ2v) is 9.22. The lowest BCUT2D eigenvalue weighted by Crippen LogP contribution is -2.61. The molecular weight excluding hydrogens is 470 g/mol. The van der Waals surface area contributed by atoms with Crippen LogP contribution in [0.5, 0.6) is 17.6 Å². The van der Waals surface area contributed by atoms with Gasteiger partial charge in [-0.1, -0.05) is 18.1 Å². The molecule has 0 radical (unpaired) electrons. The number of aryl methyl sites for hydroxylation is 1. The maximum absolute atomic E-state index is 13.6. The van der Waals surface area contributed by atoms with Gasteiger partial charge in [0, 0.05) is 11.6 Å². The summed E-state index contributed by atoms with van der Waals surface area (Å²) in [6.45, 7) is 5.13. The molecule has 0 saturated heterocycles. The van der Waals surface area contributed by atoms with E-state index in [4.69, 9.17) is 13.9 Å². The van der Waals surface area contributed by atoms with Crippen molar-refractivity contribution in [1.29, 1.82) is 0 Å². The number of halogens is 4. The quantitative estimate of drug-likeness (QED) is 0.448. The molecule has 7 nitrogen and oxygen atoms in total. The van der Waals surface area contributed by atoms with Crippen molar-refractivity contribution in [3.63, 3.8) is 0 Å². The number of carbonyl (C=O) groups excluding carboxylic acids is 1. The predicted octanol–water partition coefficient (Wildman–Crippen LogP) is 5.33. The first-order valence-corrected chi connectivity index (χ1v) is 10.7. The Morgan fingerprint density at radius 3 is 2.37 bits per heavy atom. The van der Waals surface area contributed by atoms with Gasteiger partial charge in [0.2, 0.25) is 5.89 Å². The van der Waals surface area contributed by atoms with Crippen LogP contribution >= 0.6 is 0 Å². The second-order valence-electron chi connectivity index (χ2n) is 9.22. The molecule has 0 aliphatic heterocycles. The van der Waals surface area contributed by atoms with E-state index in [9.17, 15) is 22.4 Å². The molecular formula is C24H23F4N3O4. The first kappa shape index (κ1) is 24.5. The van der Waals surface area contributed by atoms with Gasteiger partial charge in [0.15, 0.2) is 6.61 Å². The van der Waals surface area contributed by atoms with E-state index in [1.165, 1.54) is 6.07 Å². The summed E-state index contributed by atoms with van der Waals surface area (Å²) in [5.41, 5.74) is -1.39. The predicted molar refractivity (Wildman–Crippen MR) is 116 cm³/mol. The van der Waals surface area contributed by atoms with Crippen LogP contribution in [0.25, 0.3) is 0 Å². The highest BCUT2D eigenvalue weighted by atomic mass is 19.4. The number of carbonyl (C=O) groups is 1. The van der Waals surface area contributed by atoms with Gasteiger partial charge in [-0.15, -0.1) is 5.10 Å². The number of nitrogens with zero attached hydrogens (tertiary/aromatic N) is 2. The van der Waals surface area contributed by atoms with Gasteiger partial charge in [0.05, 0.1) is 11.0 Å². The Kier molecular flexibility index (Phi) is 6.20. The van der Waals surface area contributed by atoms with Crippen LogP contribution in [-0.4, -0.2) is 28.3 Å². The van der Waals surface area contributed by atoms with E-state index in [1.54, 1.807) is 19.1 Å². The summed E-state index contributed by atoms with van der Waals surface area (Å²) in [5.74, 6) is -0.0911. The third-order valence-corrected chi connectivity index (χ3v) is 5.82. The average Bonchev–Trinajstić information content (AvgIpc) is 3.22. The van der Waals surface area contributed by atoms with Crippen molar-refractivity contribution in [1.82, 2.24) is 15.5 Å². The summed E-state index contributed by atoms with van der Waals surface area (Å²) in [6.07, 6.45) is -3.65. The van der Waals surface area contributed by atoms with Crippen molar-refractivity contribution in [2.24, 2.45) is 0 Å². The Balaban J connectivity index is 1.30. The number of alkyl halides is 3. The SMILES string of the molecule is Cc1ccc(OCC(=O)NC2(C)CC(C)(c3nnc(Oc4ccc(C(F)(F)F)cc4)o3)C2)cc1F. The Hall–Kier alpha value is -3.63. The number of rotatable bonds is 7. The molecule has 11 heteroatoms. The Morgan fingerprint density at radius 1 is 1.09 bits per heavy atom. The third-order valence-electron chi connectivity index (χ3n) is 5.82. The highest BCUT2D eigenvalue weighted by Gasteiger charge is 2.53. The largest absolute Gasteiger partial charge is 0.484 e. The van der Waals surface area contributed by atoms with Crippen molar-refractivity contribution in [2.45, 2.75) is 50.7 Å². The van der Waals surface area contributed by atoms with E-state index in [1.807, 2.05) is 13.8 Å². The van der Waals surface area contributed by atoms with Gasteiger partial charge in [-0.2, -0.15) is 13.2 Å². The van der Waals surface area contributed by atoms with Crippen LogP contribution in [-0.2, 0) is 16.4 Å². The molecule has 35 heavy (non-hydrogen) atoms. The van der Waals surface area contributed by atoms with Gasteiger partial charge < -0.3 is 19.2 Å². The molecule has 1 aromatic heterocycles. The van der Waals surface area contributed by atoms with Crippen molar-refractivity contribution < 1.29 is 36.2 Å². The van der Waals surface area contributed by atoms with Crippen LogP contribution in [0.3, 0.4) is 0 Å². The van der Waals surface area contributed by atoms with Crippen LogP contribution in [0.15, 0.2) is 46.9 Å². The van der Waals surface area contributed by atoms with E-state index in [2.05, 4.69) is 15.5 Å². The van der Waals surface area contributed by atoms with Crippen LogP contribution in [0.4, 0.5) is 17.6 Å². The number of amides is 1. The standard InChI is InChI=1S/C24H23F4N3O4/c1-14-4-7-17(10-18(14)25)33-11-19(32)29-23(3)12-22(2,13-23)20-30-31-21(35-20)34-16-8-5-15(6-9-16)24(26,27)28/h4-10H,11-13H2,1-3H3,(H,29,32). The van der Waals surface area contributed by atoms with Gasteiger partial charge in [-0.3, -0.25) is 4.79 Å². The monoisotopic (exact) mass is 493 g/mol. The first-order chi connectivity index (χ1) is 16.4. The highest BCUT2D eigenvalue weighted by molar-refractivity contribution is 5.78. The normalized spacial score (nSPS) is 21.8. The van der Waals surface area contributed by atoms with Crippen LogP contribution in [0.2, 0.25) is 0 Å². The smallest absolute Gasteiger partial charge is 0.420 e. The Morgan fingerprint density at radius 2 is 1.74 bits per heavy atom. The van der Waals surface area contributed by atoms with E-state index < -0.39 is 28.5 Å². The van der Waals surface area contributed by atoms with Gasteiger partial charge in [-0.25, -0.2) is 4.39 Å². The molecule has 1 aliphatic carbocycles. The Bertz CT molecular complexity index is 1220. The average molecular weight is 493 g/mol. The van der Waals surface area contributed by atoms with E-state index in [0.29, 0.717) is 18.4 Å². The summed E-state index contributed by atoms with van der Waals surface area (Å²) < 4.78 is 68.0. The van der Waals surface area contributed by atoms with Crippen LogP contribution in [0.1, 0.15) is 43.7 Å². The highest BCUT2D eigenvalue weighted by Crippen LogP contribution is 2.49. The minimum absolute atomic E-state index is 0.123. The lowest BCUT2D eigenvalue weighted by Gasteiger charge is -2.51. The van der Waals surface area contributed by atoms with E-state index >= 15 is 0 Å². The number of benzene rings is 2. The zero-order chi connectivity index (χ0) is 25.4. The van der Waals surface area contributed by atoms with Crippen LogP contribution < -0.4 is 14.8 Å². The third kappa shape index (κ3) is 5.55. The lowest BCUT2D eigenvalue weighted by atomic mass is 9.59. The van der Waals surface area contributed by atoms with E-state index in [0.717, 1.165) is 24.3 Å². The maximum atomic E-state index is 13.6. The summed E-state index contributed by atoms with van der Waals surface area (Å²) in [4.78, 5) is 12.3. The molecule has 2 aromatic carbocycles. The topological polar surface area (TPSA) is 86.5 Å². The number of nitrogens with one attached hydrogen (secondary N) is 1. The number of ether oxygens (including phenoxy) is 2. The molecule has 186 valence electrons. The molecule has 1 amide bonds. The molecule has 0 bridgehead atoms. The van der Waals surface area contributed by atoms with E-state index in [-0.39, 0.29) is 36.0 Å². The summed E-state index contributed by atoms with van der Waals surface area (Å²) in [7, 11) is 0. The summed E-state index contributed by atoms with van der Waals surface area (Å²) >= 11 is 0. The van der Waals surface area contributed by atoms with Gasteiger partial charge in [0.25, 0.3) is 5.91 Å². The molecule has 0 unspecified atom stereocenters. The number of aromatic nitrogens is 2. The molecule has 1 saturated carbocycles. The minimum Gasteiger partial charge on any atom is -0.484 e. The lowest BCUT2D eigenvalue weighted by molar-refractivity contribution is -0.137. The molecule has 1 fully saturated rings. The fourth-order valence-corrected chi connectivity index (χ4v) is 4.40. The molecule has 0 spiro atoms. The minimum atomic E-state index is -4.44. The maximum Gasteiger partial charge on any atom is 0.420 e. The number of hydrogen-bond acceptors (Lipinski definition) is 6. The fraction of sp³-hybridized carbons (Fsp3) is 0.375. The zero-order valence-electron chi connectivity index (χ0n) is 19.2. The molecule has 0 atom stereocenters. The van der Waals surface area contributed by atoms with Crippen molar-refractivity contribution in [3.8, 4) is 17.6 Å². The molecule has 4 rings (SSSR count). The fourth-order valence-electron chi connectivity index (χ4n) is 4.40. The second kappa shape index (κ2) is 8.86. The van der Waals surface area contributed by atoms with Gasteiger partial charge in [0.1, 0.15) is 17.3 Å². The molecule has 3 aromatic rings. The van der Waals surface area contributed by atoms with Crippen LogP contribution in [0, 0.1) is 12.7 Å². The van der Waals surface area contributed by atoms with Crippen molar-refractivity contribution >= 4 is 5.91 Å². The van der Waals surface area contributed by atoms with Crippen molar-refractivity contribution in [3.05, 3.63) is 65.3 Å². The summed E-state index contributed by atoms with van der Waals surface area (Å²) in [5, 5.41) is 10.7. The summed E-state index contributed by atoms with van der Waals surface area (Å²) in [6, 6.07) is 8.51. The molecule has 1 N–H and O–H groups in total. The van der Waals surface area contributed by atoms with Gasteiger partial charge in [-0.05, 0) is 62.6 Å². The van der Waals surface area contributed by atoms with Gasteiger partial charge >= 0.3 is 12.3 Å². The Labute approximate surface area is 198 Å². The first-order valence-electron chi connectivity index (χ1n) is 10.7.